The summed E-state index contributed by atoms with van der Waals surface area (Å²) in [4.78, 5) is 8.91. The van der Waals surface area contributed by atoms with Gasteiger partial charge in [-0.3, -0.25) is 0 Å². The summed E-state index contributed by atoms with van der Waals surface area (Å²) in [6.07, 6.45) is 0. The van der Waals surface area contributed by atoms with Gasteiger partial charge in [0.2, 0.25) is 0 Å². The highest BCUT2D eigenvalue weighted by molar-refractivity contribution is 9.10. The van der Waals surface area contributed by atoms with E-state index in [1.54, 1.807) is 0 Å². The number of nitrogens with zero attached hydrogens (tertiary/aromatic N) is 2. The molecule has 0 amide bonds. The summed E-state index contributed by atoms with van der Waals surface area (Å²) in [7, 11) is 0. The van der Waals surface area contributed by atoms with Crippen molar-refractivity contribution in [2.75, 3.05) is 0 Å². The van der Waals surface area contributed by atoms with Crippen molar-refractivity contribution in [2.45, 2.75) is 11.5 Å². The van der Waals surface area contributed by atoms with Gasteiger partial charge in [0.15, 0.2) is 10.3 Å². The number of halogens is 4. The van der Waals surface area contributed by atoms with Gasteiger partial charge in [0.25, 0.3) is 0 Å². The third-order valence-corrected chi connectivity index (χ3v) is 7.48. The van der Waals surface area contributed by atoms with E-state index in [0.717, 1.165) is 31.4 Å². The average Bonchev–Trinajstić information content (AvgIpc) is 2.73. The Morgan fingerprint density at radius 2 is 1.12 bits per heavy atom. The summed E-state index contributed by atoms with van der Waals surface area (Å²) in [6.45, 7) is 0. The largest absolute Gasteiger partial charge is 0.378 e. The van der Waals surface area contributed by atoms with Gasteiger partial charge in [0.05, 0.1) is 21.4 Å². The van der Waals surface area contributed by atoms with Crippen molar-refractivity contribution < 1.29 is 0 Å². The fourth-order valence-electron chi connectivity index (χ4n) is 2.61. The van der Waals surface area contributed by atoms with Gasteiger partial charge in [-0.1, -0.05) is 90.7 Å². The Morgan fingerprint density at radius 1 is 0.719 bits per heavy atom. The molecule has 0 bridgehead atoms. The SMILES string of the molecule is NC(=Nc1cccc(Br)c1)SCc1cc(Cl)c(Cl)cc1CS/C(N)=N/c1cccc(Br)c1. The summed E-state index contributed by atoms with van der Waals surface area (Å²) in [5.74, 6) is 1.19. The number of rotatable bonds is 6. The lowest BCUT2D eigenvalue weighted by Crippen LogP contribution is -2.08. The quantitative estimate of drug-likeness (QED) is 0.212. The molecule has 10 heteroatoms. The number of benzene rings is 3. The Bertz CT molecular complexity index is 1080. The molecule has 0 saturated heterocycles. The van der Waals surface area contributed by atoms with E-state index in [9.17, 15) is 0 Å². The Morgan fingerprint density at radius 3 is 1.50 bits per heavy atom. The zero-order valence-electron chi connectivity index (χ0n) is 16.6. The molecule has 3 aromatic carbocycles. The summed E-state index contributed by atoms with van der Waals surface area (Å²) in [5, 5.41) is 1.91. The molecular formula is C22H18Br2Cl2N4S2. The Labute approximate surface area is 222 Å². The van der Waals surface area contributed by atoms with Crippen molar-refractivity contribution >= 4 is 100 Å². The molecule has 0 aromatic heterocycles. The first-order valence-electron chi connectivity index (χ1n) is 9.22. The maximum Gasteiger partial charge on any atom is 0.159 e. The van der Waals surface area contributed by atoms with E-state index >= 15 is 0 Å². The van der Waals surface area contributed by atoms with E-state index in [2.05, 4.69) is 41.8 Å². The lowest BCUT2D eigenvalue weighted by molar-refractivity contribution is 1.29. The highest BCUT2D eigenvalue weighted by Crippen LogP contribution is 2.31. The first-order valence-corrected chi connectivity index (χ1v) is 13.5. The van der Waals surface area contributed by atoms with Crippen molar-refractivity contribution in [2.24, 2.45) is 21.5 Å². The van der Waals surface area contributed by atoms with Crippen LogP contribution < -0.4 is 11.5 Å². The molecule has 0 spiro atoms. The number of hydrogen-bond donors (Lipinski definition) is 2. The molecule has 0 radical (unpaired) electrons. The Hall–Kier alpha value is -1.16. The van der Waals surface area contributed by atoms with Crippen molar-refractivity contribution in [3.05, 3.63) is 90.8 Å². The third-order valence-electron chi connectivity index (χ3n) is 4.09. The Kier molecular flexibility index (Phi) is 9.82. The second-order valence-corrected chi connectivity index (χ2v) is 11.1. The molecule has 0 fully saturated rings. The summed E-state index contributed by atoms with van der Waals surface area (Å²) in [5.41, 5.74) is 15.9. The molecule has 0 aliphatic heterocycles. The second-order valence-electron chi connectivity index (χ2n) is 6.47. The minimum atomic E-state index is 0.462. The van der Waals surface area contributed by atoms with Gasteiger partial charge in [-0.25, -0.2) is 9.98 Å². The minimum absolute atomic E-state index is 0.462. The normalized spacial score (nSPS) is 12.2. The first-order chi connectivity index (χ1) is 15.3. The molecule has 166 valence electrons. The molecule has 0 saturated carbocycles. The lowest BCUT2D eigenvalue weighted by atomic mass is 10.1. The van der Waals surface area contributed by atoms with Crippen LogP contribution in [0.15, 0.2) is 79.6 Å². The highest BCUT2D eigenvalue weighted by Gasteiger charge is 2.10. The average molecular weight is 633 g/mol. The molecule has 3 rings (SSSR count). The zero-order valence-corrected chi connectivity index (χ0v) is 22.9. The molecule has 32 heavy (non-hydrogen) atoms. The fraction of sp³-hybridized carbons (Fsp3) is 0.0909. The standard InChI is InChI=1S/C22H18Br2Cl2N4S2/c23-15-3-1-5-17(9-15)29-21(27)31-11-13-7-19(25)20(26)8-14(13)12-32-22(28)30-18-6-2-4-16(24)10-18/h1-10H,11-12H2,(H2,27,29)(H2,28,30). The number of thioether (sulfide) groups is 2. The van der Waals surface area contributed by atoms with Gasteiger partial charge in [0, 0.05) is 20.5 Å². The van der Waals surface area contributed by atoms with Gasteiger partial charge in [-0.2, -0.15) is 0 Å². The first kappa shape index (κ1) is 25.5. The molecule has 0 unspecified atom stereocenters. The van der Waals surface area contributed by atoms with Crippen molar-refractivity contribution in [1.82, 2.24) is 0 Å². The van der Waals surface area contributed by atoms with E-state index in [1.807, 2.05) is 60.7 Å². The lowest BCUT2D eigenvalue weighted by Gasteiger charge is -2.11. The van der Waals surface area contributed by atoms with Crippen LogP contribution in [0, 0.1) is 0 Å². The number of hydrogen-bond acceptors (Lipinski definition) is 4. The van der Waals surface area contributed by atoms with Gasteiger partial charge < -0.3 is 11.5 Å². The van der Waals surface area contributed by atoms with Crippen LogP contribution >= 0.6 is 78.6 Å². The second kappa shape index (κ2) is 12.3. The maximum absolute atomic E-state index is 6.27. The predicted molar refractivity (Wildman–Crippen MR) is 150 cm³/mol. The summed E-state index contributed by atoms with van der Waals surface area (Å²) in [6, 6.07) is 19.0. The van der Waals surface area contributed by atoms with Crippen LogP contribution in [0.5, 0.6) is 0 Å². The van der Waals surface area contributed by atoms with Crippen LogP contribution in [0.1, 0.15) is 11.1 Å². The number of aliphatic imine (C=N–C) groups is 2. The molecule has 3 aromatic rings. The van der Waals surface area contributed by atoms with E-state index in [0.29, 0.717) is 31.9 Å². The van der Waals surface area contributed by atoms with Gasteiger partial charge in [0.1, 0.15) is 0 Å². The summed E-state index contributed by atoms with van der Waals surface area (Å²) < 4.78 is 1.89. The van der Waals surface area contributed by atoms with Crippen LogP contribution in [-0.4, -0.2) is 10.3 Å². The van der Waals surface area contributed by atoms with Crippen LogP contribution in [0.3, 0.4) is 0 Å². The minimum Gasteiger partial charge on any atom is -0.378 e. The van der Waals surface area contributed by atoms with E-state index in [-0.39, 0.29) is 0 Å². The van der Waals surface area contributed by atoms with Crippen LogP contribution in [0.25, 0.3) is 0 Å². The molecule has 0 atom stereocenters. The van der Waals surface area contributed by atoms with Crippen LogP contribution in [0.4, 0.5) is 11.4 Å². The van der Waals surface area contributed by atoms with Crippen LogP contribution in [0.2, 0.25) is 10.0 Å². The number of nitrogens with two attached hydrogens (primary N) is 2. The van der Waals surface area contributed by atoms with Crippen LogP contribution in [-0.2, 0) is 11.5 Å². The smallest absolute Gasteiger partial charge is 0.159 e. The van der Waals surface area contributed by atoms with Gasteiger partial charge >= 0.3 is 0 Å². The van der Waals surface area contributed by atoms with Crippen molar-refractivity contribution in [1.29, 1.82) is 0 Å². The highest BCUT2D eigenvalue weighted by atomic mass is 79.9. The third kappa shape index (κ3) is 8.01. The molecular weight excluding hydrogens is 615 g/mol. The molecule has 4 nitrogen and oxygen atoms in total. The van der Waals surface area contributed by atoms with E-state index in [1.165, 1.54) is 23.5 Å². The fourth-order valence-corrected chi connectivity index (χ4v) is 5.24. The van der Waals surface area contributed by atoms with Crippen molar-refractivity contribution in [3.63, 3.8) is 0 Å². The van der Waals surface area contributed by atoms with Gasteiger partial charge in [-0.05, 0) is 59.7 Å². The molecule has 4 N–H and O–H groups in total. The monoisotopic (exact) mass is 630 g/mol. The molecule has 0 aliphatic carbocycles. The predicted octanol–water partition coefficient (Wildman–Crippen LogP) is 8.28. The number of amidine groups is 2. The van der Waals surface area contributed by atoms with E-state index in [4.69, 9.17) is 34.7 Å². The molecule has 0 heterocycles. The Balaban J connectivity index is 1.71. The summed E-state index contributed by atoms with van der Waals surface area (Å²) >= 11 is 22.3. The van der Waals surface area contributed by atoms with Gasteiger partial charge in [-0.15, -0.1) is 0 Å². The van der Waals surface area contributed by atoms with E-state index < -0.39 is 0 Å². The molecule has 0 aliphatic rings. The topological polar surface area (TPSA) is 76.8 Å². The zero-order chi connectivity index (χ0) is 23.1. The maximum atomic E-state index is 6.27. The van der Waals surface area contributed by atoms with Crippen molar-refractivity contribution in [3.8, 4) is 0 Å².